The quantitative estimate of drug-likeness (QED) is 0.539. The van der Waals surface area contributed by atoms with E-state index in [1.54, 1.807) is 28.7 Å². The van der Waals surface area contributed by atoms with Gasteiger partial charge in [-0.05, 0) is 23.8 Å². The van der Waals surface area contributed by atoms with Crippen molar-refractivity contribution < 1.29 is 0 Å². The summed E-state index contributed by atoms with van der Waals surface area (Å²) >= 11 is 1.60. The fraction of sp³-hybridized carbons (Fsp3) is 0.0588. The largest absolute Gasteiger partial charge is 0.255 e. The lowest BCUT2D eigenvalue weighted by Crippen LogP contribution is -1.97. The highest BCUT2D eigenvalue weighted by molar-refractivity contribution is 7.98. The molecule has 23 heavy (non-hydrogen) atoms. The van der Waals surface area contributed by atoms with Crippen LogP contribution >= 0.6 is 11.8 Å². The molecule has 6 heteroatoms. The molecular weight excluding hydrogens is 306 g/mol. The van der Waals surface area contributed by atoms with Gasteiger partial charge in [0.25, 0.3) is 5.78 Å². The van der Waals surface area contributed by atoms with Gasteiger partial charge in [0.1, 0.15) is 0 Å². The number of pyridine rings is 1. The van der Waals surface area contributed by atoms with Crippen molar-refractivity contribution in [2.24, 2.45) is 0 Å². The maximum atomic E-state index is 4.57. The molecule has 4 aromatic rings. The van der Waals surface area contributed by atoms with Crippen molar-refractivity contribution in [3.05, 3.63) is 72.6 Å². The van der Waals surface area contributed by atoms with Gasteiger partial charge in [-0.2, -0.15) is 9.50 Å². The summed E-state index contributed by atoms with van der Waals surface area (Å²) < 4.78 is 1.75. The monoisotopic (exact) mass is 319 g/mol. The van der Waals surface area contributed by atoms with Crippen LogP contribution in [-0.4, -0.2) is 24.6 Å². The Morgan fingerprint density at radius 1 is 0.870 bits per heavy atom. The Kier molecular flexibility index (Phi) is 3.73. The van der Waals surface area contributed by atoms with Gasteiger partial charge in [0.2, 0.25) is 5.16 Å². The second kappa shape index (κ2) is 6.18. The van der Waals surface area contributed by atoms with Crippen molar-refractivity contribution in [3.8, 4) is 11.4 Å². The average molecular weight is 319 g/mol. The first kappa shape index (κ1) is 13.9. The van der Waals surface area contributed by atoms with Crippen LogP contribution < -0.4 is 0 Å². The molecular formula is C17H13N5S. The van der Waals surface area contributed by atoms with Crippen LogP contribution in [0.4, 0.5) is 0 Å². The topological polar surface area (TPSA) is 56.0 Å². The first-order valence-corrected chi connectivity index (χ1v) is 8.18. The van der Waals surface area contributed by atoms with Gasteiger partial charge < -0.3 is 0 Å². The third kappa shape index (κ3) is 2.93. The number of hydrogen-bond acceptors (Lipinski definition) is 5. The molecule has 0 atom stereocenters. The minimum absolute atomic E-state index is 0.587. The Labute approximate surface area is 137 Å². The Balaban J connectivity index is 1.66. The first-order valence-electron chi connectivity index (χ1n) is 7.20. The smallest absolute Gasteiger partial charge is 0.253 e. The highest BCUT2D eigenvalue weighted by atomic mass is 32.2. The van der Waals surface area contributed by atoms with Crippen LogP contribution in [0.3, 0.4) is 0 Å². The van der Waals surface area contributed by atoms with E-state index < -0.39 is 0 Å². The second-order valence-electron chi connectivity index (χ2n) is 4.93. The van der Waals surface area contributed by atoms with E-state index in [9.17, 15) is 0 Å². The van der Waals surface area contributed by atoms with Crippen LogP contribution in [-0.2, 0) is 5.75 Å². The maximum Gasteiger partial charge on any atom is 0.253 e. The molecule has 0 radical (unpaired) electrons. The molecule has 3 heterocycles. The summed E-state index contributed by atoms with van der Waals surface area (Å²) in [5, 5.41) is 5.28. The lowest BCUT2D eigenvalue weighted by atomic mass is 10.2. The van der Waals surface area contributed by atoms with E-state index >= 15 is 0 Å². The van der Waals surface area contributed by atoms with E-state index in [4.69, 9.17) is 0 Å². The van der Waals surface area contributed by atoms with Gasteiger partial charge >= 0.3 is 0 Å². The van der Waals surface area contributed by atoms with Crippen molar-refractivity contribution in [1.82, 2.24) is 24.6 Å². The van der Waals surface area contributed by atoms with Crippen molar-refractivity contribution in [1.29, 1.82) is 0 Å². The number of rotatable bonds is 4. The third-order valence-electron chi connectivity index (χ3n) is 3.36. The Morgan fingerprint density at radius 3 is 2.57 bits per heavy atom. The van der Waals surface area contributed by atoms with Crippen LogP contribution in [0.2, 0.25) is 0 Å². The molecule has 5 nitrogen and oxygen atoms in total. The fourth-order valence-corrected chi connectivity index (χ4v) is 3.04. The predicted molar refractivity (Wildman–Crippen MR) is 90.0 cm³/mol. The van der Waals surface area contributed by atoms with Crippen LogP contribution in [0.5, 0.6) is 0 Å². The molecule has 0 saturated carbocycles. The Hall–Kier alpha value is -2.73. The summed E-state index contributed by atoms with van der Waals surface area (Å²) in [6, 6.07) is 18.0. The standard InChI is InChI=1S/C17H13N5S/c1-2-6-13(7-3-1)12-23-17-20-16-19-11-9-15(22(16)21-17)14-8-4-5-10-18-14/h1-11H,12H2. The number of benzene rings is 1. The summed E-state index contributed by atoms with van der Waals surface area (Å²) in [5.41, 5.74) is 2.98. The van der Waals surface area contributed by atoms with Gasteiger partial charge in [-0.25, -0.2) is 4.98 Å². The van der Waals surface area contributed by atoms with Gasteiger partial charge in [0.05, 0.1) is 11.4 Å². The predicted octanol–water partition coefficient (Wildman–Crippen LogP) is 3.48. The van der Waals surface area contributed by atoms with Gasteiger partial charge in [0, 0.05) is 18.1 Å². The number of fused-ring (bicyclic) bond motifs is 1. The molecule has 0 N–H and O–H groups in total. The van der Waals surface area contributed by atoms with Crippen molar-refractivity contribution in [2.75, 3.05) is 0 Å². The molecule has 0 unspecified atom stereocenters. The normalized spacial score (nSPS) is 11.0. The van der Waals surface area contributed by atoms with E-state index in [1.165, 1.54) is 5.56 Å². The minimum atomic E-state index is 0.587. The molecule has 0 saturated heterocycles. The van der Waals surface area contributed by atoms with E-state index in [0.29, 0.717) is 10.9 Å². The minimum Gasteiger partial charge on any atom is -0.255 e. The summed E-state index contributed by atoms with van der Waals surface area (Å²) in [5.74, 6) is 1.42. The molecule has 0 spiro atoms. The SMILES string of the molecule is c1ccc(CSc2nc3nccc(-c4ccccn4)n3n2)cc1. The molecule has 0 aliphatic heterocycles. The van der Waals surface area contributed by atoms with Gasteiger partial charge in [-0.15, -0.1) is 5.10 Å². The molecule has 1 aromatic carbocycles. The van der Waals surface area contributed by atoms with Crippen LogP contribution in [0, 0.1) is 0 Å². The molecule has 0 aliphatic carbocycles. The van der Waals surface area contributed by atoms with Gasteiger partial charge in [-0.1, -0.05) is 48.2 Å². The number of nitrogens with zero attached hydrogens (tertiary/aromatic N) is 5. The molecule has 3 aromatic heterocycles. The van der Waals surface area contributed by atoms with Gasteiger partial charge in [-0.3, -0.25) is 4.98 Å². The molecule has 0 amide bonds. The number of thioether (sulfide) groups is 1. The second-order valence-corrected chi connectivity index (χ2v) is 5.87. The van der Waals surface area contributed by atoms with Crippen LogP contribution in [0.1, 0.15) is 5.56 Å². The van der Waals surface area contributed by atoms with E-state index in [1.807, 2.05) is 42.5 Å². The zero-order valence-corrected chi connectivity index (χ0v) is 13.0. The first-order chi connectivity index (χ1) is 11.4. The van der Waals surface area contributed by atoms with Crippen molar-refractivity contribution >= 4 is 17.5 Å². The van der Waals surface area contributed by atoms with E-state index in [2.05, 4.69) is 32.2 Å². The van der Waals surface area contributed by atoms with Crippen molar-refractivity contribution in [2.45, 2.75) is 10.9 Å². The molecule has 0 aliphatic rings. The average Bonchev–Trinajstić information content (AvgIpc) is 3.04. The third-order valence-corrected chi connectivity index (χ3v) is 4.27. The number of hydrogen-bond donors (Lipinski definition) is 0. The lowest BCUT2D eigenvalue weighted by molar-refractivity contribution is 0.882. The summed E-state index contributed by atoms with van der Waals surface area (Å²) in [4.78, 5) is 13.2. The zero-order chi connectivity index (χ0) is 15.5. The van der Waals surface area contributed by atoms with Gasteiger partial charge in [0.15, 0.2) is 0 Å². The zero-order valence-electron chi connectivity index (χ0n) is 12.2. The Bertz CT molecular complexity index is 922. The highest BCUT2D eigenvalue weighted by Crippen LogP contribution is 2.22. The molecule has 0 fully saturated rings. The summed E-state index contributed by atoms with van der Waals surface area (Å²) in [7, 11) is 0. The molecule has 112 valence electrons. The highest BCUT2D eigenvalue weighted by Gasteiger charge is 2.10. The van der Waals surface area contributed by atoms with Crippen LogP contribution in [0.15, 0.2) is 72.1 Å². The van der Waals surface area contributed by atoms with E-state index in [-0.39, 0.29) is 0 Å². The molecule has 4 rings (SSSR count). The summed E-state index contributed by atoms with van der Waals surface area (Å²) in [6.45, 7) is 0. The maximum absolute atomic E-state index is 4.57. The number of aromatic nitrogens is 5. The molecule has 0 bridgehead atoms. The lowest BCUT2D eigenvalue weighted by Gasteiger charge is -2.01. The van der Waals surface area contributed by atoms with Crippen molar-refractivity contribution in [3.63, 3.8) is 0 Å². The Morgan fingerprint density at radius 2 is 1.74 bits per heavy atom. The fourth-order valence-electron chi connectivity index (χ4n) is 2.27. The summed E-state index contributed by atoms with van der Waals surface area (Å²) in [6.07, 6.45) is 3.50. The van der Waals surface area contributed by atoms with E-state index in [0.717, 1.165) is 17.1 Å². The van der Waals surface area contributed by atoms with Crippen LogP contribution in [0.25, 0.3) is 17.2 Å².